The van der Waals surface area contributed by atoms with Crippen molar-refractivity contribution in [1.82, 2.24) is 0 Å². The Bertz CT molecular complexity index is 1510. The molecule has 1 rings (SSSR count). The fourth-order valence-electron chi connectivity index (χ4n) is 10.1. The third kappa shape index (κ3) is 45.2. The van der Waals surface area contributed by atoms with Gasteiger partial charge in [-0.05, 0) is 77.0 Å². The molecule has 12 heteroatoms. The van der Waals surface area contributed by atoms with Crippen LogP contribution in [0.3, 0.4) is 0 Å². The molecule has 0 aromatic heterocycles. The van der Waals surface area contributed by atoms with Crippen LogP contribution >= 0.6 is 0 Å². The first kappa shape index (κ1) is 74.0. The zero-order chi connectivity index (χ0) is 57.5. The van der Waals surface area contributed by atoms with Crippen LogP contribution in [0.25, 0.3) is 0 Å². The average molecular weight is 1120 g/mol. The van der Waals surface area contributed by atoms with Gasteiger partial charge in [0, 0.05) is 19.3 Å². The number of aliphatic carboxylic acids is 1. The standard InChI is InChI=1S/C67H120O12/c1-4-7-10-13-16-19-22-25-28-29-30-31-34-37-40-43-46-49-52-55-61(70)78-65-63(72)62(71)64(66(73)74)79-67(65)76-57-58(77-60(69)54-51-48-45-42-39-36-33-27-24-21-18-15-12-9-6-3)56-75-59(68)53-50-47-44-41-38-35-32-26-23-20-17-14-11-8-5-2/h16,19,25-26,28,32,58,62-65,67,71-72H,4-15,17-18,20-24,27,29-31,33-57H2,1-3H3,(H,73,74)/b19-16-,28-25-,32-26-. The monoisotopic (exact) mass is 1120 g/mol. The van der Waals surface area contributed by atoms with Crippen molar-refractivity contribution in [3.63, 3.8) is 0 Å². The van der Waals surface area contributed by atoms with Crippen LogP contribution < -0.4 is 0 Å². The van der Waals surface area contributed by atoms with Crippen molar-refractivity contribution in [3.05, 3.63) is 36.5 Å². The molecular weight excluding hydrogens is 997 g/mol. The van der Waals surface area contributed by atoms with Crippen LogP contribution in [-0.2, 0) is 42.9 Å². The summed E-state index contributed by atoms with van der Waals surface area (Å²) in [6, 6.07) is 0. The van der Waals surface area contributed by atoms with Gasteiger partial charge in [-0.1, -0.05) is 256 Å². The summed E-state index contributed by atoms with van der Waals surface area (Å²) in [6.07, 6.45) is 53.8. The summed E-state index contributed by atoms with van der Waals surface area (Å²) in [5.74, 6) is -3.10. The summed E-state index contributed by atoms with van der Waals surface area (Å²) in [6.45, 7) is 6.01. The van der Waals surface area contributed by atoms with E-state index in [0.717, 1.165) is 96.3 Å². The van der Waals surface area contributed by atoms with E-state index in [2.05, 4.69) is 57.2 Å². The van der Waals surface area contributed by atoms with E-state index >= 15 is 0 Å². The number of aliphatic hydroxyl groups is 2. The number of esters is 3. The summed E-state index contributed by atoms with van der Waals surface area (Å²) >= 11 is 0. The molecule has 12 nitrogen and oxygen atoms in total. The van der Waals surface area contributed by atoms with Gasteiger partial charge in [-0.25, -0.2) is 4.79 Å². The van der Waals surface area contributed by atoms with Gasteiger partial charge >= 0.3 is 23.9 Å². The lowest BCUT2D eigenvalue weighted by atomic mass is 9.98. The largest absolute Gasteiger partial charge is 0.479 e. The van der Waals surface area contributed by atoms with Crippen LogP contribution in [0.4, 0.5) is 0 Å². The Balaban J connectivity index is 2.64. The number of unbranched alkanes of at least 4 members (excludes halogenated alkanes) is 37. The Labute approximate surface area is 482 Å². The van der Waals surface area contributed by atoms with E-state index in [4.69, 9.17) is 23.7 Å². The zero-order valence-corrected chi connectivity index (χ0v) is 50.9. The van der Waals surface area contributed by atoms with Crippen molar-refractivity contribution >= 4 is 23.9 Å². The molecule has 0 bridgehead atoms. The quantitative estimate of drug-likeness (QED) is 0.0228. The average Bonchev–Trinajstić information content (AvgIpc) is 3.44. The predicted molar refractivity (Wildman–Crippen MR) is 322 cm³/mol. The maximum Gasteiger partial charge on any atom is 0.335 e. The van der Waals surface area contributed by atoms with Crippen molar-refractivity contribution in [1.29, 1.82) is 0 Å². The van der Waals surface area contributed by atoms with Crippen LogP contribution in [0.5, 0.6) is 0 Å². The van der Waals surface area contributed by atoms with Gasteiger partial charge in [0.1, 0.15) is 18.8 Å². The molecule has 1 heterocycles. The van der Waals surface area contributed by atoms with E-state index in [1.54, 1.807) is 0 Å². The van der Waals surface area contributed by atoms with Gasteiger partial charge in [-0.2, -0.15) is 0 Å². The minimum Gasteiger partial charge on any atom is -0.479 e. The SMILES string of the molecule is CCCCC/C=C\C/C=C\CCCCCCCCCCCC(=O)OC1C(OCC(COC(=O)CCCCCCC/C=C\CCCCCCCC)OC(=O)CCCCCCCCCCCCCCCCC)OC(C(=O)O)C(O)C1O. The highest BCUT2D eigenvalue weighted by molar-refractivity contribution is 5.74. The summed E-state index contributed by atoms with van der Waals surface area (Å²) in [7, 11) is 0. The summed E-state index contributed by atoms with van der Waals surface area (Å²) < 4.78 is 28.5. The molecule has 0 radical (unpaired) electrons. The summed E-state index contributed by atoms with van der Waals surface area (Å²) in [5.41, 5.74) is 0. The van der Waals surface area contributed by atoms with Crippen molar-refractivity contribution in [2.45, 2.75) is 353 Å². The molecule has 1 aliphatic heterocycles. The van der Waals surface area contributed by atoms with Gasteiger partial charge in [0.15, 0.2) is 24.6 Å². The normalized spacial score (nSPS) is 18.0. The lowest BCUT2D eigenvalue weighted by Gasteiger charge is -2.40. The van der Waals surface area contributed by atoms with Crippen molar-refractivity contribution in [3.8, 4) is 0 Å². The number of carbonyl (C=O) groups is 4. The van der Waals surface area contributed by atoms with Gasteiger partial charge in [-0.3, -0.25) is 14.4 Å². The highest BCUT2D eigenvalue weighted by Crippen LogP contribution is 2.27. The molecule has 1 aliphatic rings. The lowest BCUT2D eigenvalue weighted by molar-refractivity contribution is -0.301. The molecular formula is C67H120O12. The van der Waals surface area contributed by atoms with Crippen molar-refractivity contribution in [2.75, 3.05) is 13.2 Å². The molecule has 0 aromatic carbocycles. The maximum absolute atomic E-state index is 13.2. The number of hydrogen-bond acceptors (Lipinski definition) is 11. The second-order valence-corrected chi connectivity index (χ2v) is 22.8. The summed E-state index contributed by atoms with van der Waals surface area (Å²) in [5, 5.41) is 31.6. The number of hydrogen-bond donors (Lipinski definition) is 3. The van der Waals surface area contributed by atoms with E-state index in [9.17, 15) is 34.5 Å². The smallest absolute Gasteiger partial charge is 0.335 e. The molecule has 6 unspecified atom stereocenters. The predicted octanol–water partition coefficient (Wildman–Crippen LogP) is 17.6. The number of carbonyl (C=O) groups excluding carboxylic acids is 3. The zero-order valence-electron chi connectivity index (χ0n) is 50.9. The second kappa shape index (κ2) is 55.5. The maximum atomic E-state index is 13.2. The molecule has 6 atom stereocenters. The molecule has 0 amide bonds. The van der Waals surface area contributed by atoms with Crippen LogP contribution in [-0.4, -0.2) is 89.2 Å². The van der Waals surface area contributed by atoms with Gasteiger partial charge in [-0.15, -0.1) is 0 Å². The number of carboxylic acids is 1. The molecule has 1 fully saturated rings. The molecule has 3 N–H and O–H groups in total. The Morgan fingerprint density at radius 2 is 0.759 bits per heavy atom. The number of allylic oxidation sites excluding steroid dienone is 6. The van der Waals surface area contributed by atoms with Crippen LogP contribution in [0.1, 0.15) is 316 Å². The number of ether oxygens (including phenoxy) is 5. The molecule has 0 spiro atoms. The Morgan fingerprint density at radius 1 is 0.418 bits per heavy atom. The number of aliphatic hydroxyl groups excluding tert-OH is 2. The Hall–Kier alpha value is -3.06. The first-order valence-electron chi connectivity index (χ1n) is 33.0. The van der Waals surface area contributed by atoms with Crippen LogP contribution in [0.15, 0.2) is 36.5 Å². The fraction of sp³-hybridized carbons (Fsp3) is 0.851. The topological polar surface area (TPSA) is 175 Å². The van der Waals surface area contributed by atoms with E-state index in [0.29, 0.717) is 19.3 Å². The van der Waals surface area contributed by atoms with Gasteiger partial charge < -0.3 is 39.0 Å². The lowest BCUT2D eigenvalue weighted by Crippen LogP contribution is -2.61. The van der Waals surface area contributed by atoms with E-state index in [1.165, 1.54) is 161 Å². The first-order valence-corrected chi connectivity index (χ1v) is 33.0. The van der Waals surface area contributed by atoms with E-state index in [1.807, 2.05) is 0 Å². The van der Waals surface area contributed by atoms with Crippen molar-refractivity contribution in [2.24, 2.45) is 0 Å². The van der Waals surface area contributed by atoms with E-state index in [-0.39, 0.29) is 25.9 Å². The van der Waals surface area contributed by atoms with Crippen LogP contribution in [0, 0.1) is 0 Å². The second-order valence-electron chi connectivity index (χ2n) is 22.8. The Kier molecular flexibility index (Phi) is 51.9. The molecule has 79 heavy (non-hydrogen) atoms. The third-order valence-electron chi connectivity index (χ3n) is 15.2. The summed E-state index contributed by atoms with van der Waals surface area (Å²) in [4.78, 5) is 51.3. The third-order valence-corrected chi connectivity index (χ3v) is 15.2. The molecule has 460 valence electrons. The van der Waals surface area contributed by atoms with Gasteiger partial charge in [0.2, 0.25) is 0 Å². The minimum absolute atomic E-state index is 0.0583. The number of carboxylic acid groups (broad SMARTS) is 1. The fourth-order valence-corrected chi connectivity index (χ4v) is 10.1. The van der Waals surface area contributed by atoms with Crippen LogP contribution in [0.2, 0.25) is 0 Å². The first-order chi connectivity index (χ1) is 38.6. The number of rotatable bonds is 57. The molecule has 0 aromatic rings. The van der Waals surface area contributed by atoms with Gasteiger partial charge in [0.05, 0.1) is 6.61 Å². The van der Waals surface area contributed by atoms with Gasteiger partial charge in [0.25, 0.3) is 0 Å². The van der Waals surface area contributed by atoms with Crippen molar-refractivity contribution < 1.29 is 58.2 Å². The van der Waals surface area contributed by atoms with E-state index < -0.39 is 67.3 Å². The highest BCUT2D eigenvalue weighted by atomic mass is 16.7. The molecule has 1 saturated heterocycles. The molecule has 0 aliphatic carbocycles. The highest BCUT2D eigenvalue weighted by Gasteiger charge is 2.50. The molecule has 0 saturated carbocycles. The Morgan fingerprint density at radius 3 is 1.18 bits per heavy atom. The minimum atomic E-state index is -1.90.